The molecule has 2 aliphatic heterocycles. The molecule has 2 atom stereocenters. The largest absolute Gasteiger partial charge is 0.396 e. The SMILES string of the molecule is CN1CCC[C@@H]1N1CCC[C@H]1CCO. The van der Waals surface area contributed by atoms with E-state index in [9.17, 15) is 0 Å². The van der Waals surface area contributed by atoms with Gasteiger partial charge in [0.25, 0.3) is 0 Å². The molecule has 82 valence electrons. The Kier molecular flexibility index (Phi) is 3.42. The highest BCUT2D eigenvalue weighted by Crippen LogP contribution is 2.28. The third-order valence-corrected chi connectivity index (χ3v) is 3.75. The van der Waals surface area contributed by atoms with E-state index >= 15 is 0 Å². The van der Waals surface area contributed by atoms with Crippen molar-refractivity contribution in [1.82, 2.24) is 9.80 Å². The quantitative estimate of drug-likeness (QED) is 0.729. The Balaban J connectivity index is 1.94. The lowest BCUT2D eigenvalue weighted by Gasteiger charge is -2.34. The Hall–Kier alpha value is -0.120. The zero-order valence-corrected chi connectivity index (χ0v) is 9.15. The molecule has 2 aliphatic rings. The fourth-order valence-corrected chi connectivity index (χ4v) is 3.02. The number of hydrogen-bond acceptors (Lipinski definition) is 3. The second-order valence-corrected chi connectivity index (χ2v) is 4.65. The lowest BCUT2D eigenvalue weighted by atomic mass is 10.1. The molecule has 0 aromatic rings. The molecule has 0 saturated carbocycles. The van der Waals surface area contributed by atoms with E-state index in [0.717, 1.165) is 6.42 Å². The predicted octanol–water partition coefficient (Wildman–Crippen LogP) is 0.885. The summed E-state index contributed by atoms with van der Waals surface area (Å²) in [6.07, 6.45) is 6.88. The van der Waals surface area contributed by atoms with E-state index in [4.69, 9.17) is 5.11 Å². The summed E-state index contributed by atoms with van der Waals surface area (Å²) in [5, 5.41) is 9.01. The van der Waals surface area contributed by atoms with Gasteiger partial charge >= 0.3 is 0 Å². The van der Waals surface area contributed by atoms with Gasteiger partial charge in [0.1, 0.15) is 0 Å². The van der Waals surface area contributed by atoms with E-state index in [2.05, 4.69) is 16.8 Å². The summed E-state index contributed by atoms with van der Waals surface area (Å²) in [6, 6.07) is 0.644. The molecule has 0 amide bonds. The molecule has 0 aliphatic carbocycles. The first-order chi connectivity index (χ1) is 6.83. The van der Waals surface area contributed by atoms with Crippen LogP contribution in [0, 0.1) is 0 Å². The molecule has 2 saturated heterocycles. The molecule has 2 fully saturated rings. The van der Waals surface area contributed by atoms with Gasteiger partial charge in [0.2, 0.25) is 0 Å². The predicted molar refractivity (Wildman–Crippen MR) is 57.1 cm³/mol. The van der Waals surface area contributed by atoms with Gasteiger partial charge in [-0.3, -0.25) is 9.80 Å². The van der Waals surface area contributed by atoms with Gasteiger partial charge in [-0.1, -0.05) is 0 Å². The molecule has 3 heteroatoms. The van der Waals surface area contributed by atoms with Crippen molar-refractivity contribution in [3.05, 3.63) is 0 Å². The summed E-state index contributed by atoms with van der Waals surface area (Å²) in [5.74, 6) is 0. The van der Waals surface area contributed by atoms with Crippen LogP contribution in [0.1, 0.15) is 32.1 Å². The van der Waals surface area contributed by atoms with Crippen LogP contribution in [0.4, 0.5) is 0 Å². The smallest absolute Gasteiger partial charge is 0.0622 e. The summed E-state index contributed by atoms with van der Waals surface area (Å²) < 4.78 is 0. The number of aliphatic hydroxyl groups excluding tert-OH is 1. The van der Waals surface area contributed by atoms with Crippen LogP contribution in [-0.2, 0) is 0 Å². The molecule has 0 aromatic heterocycles. The first-order valence-electron chi connectivity index (χ1n) is 5.90. The third-order valence-electron chi connectivity index (χ3n) is 3.75. The van der Waals surface area contributed by atoms with Crippen molar-refractivity contribution in [1.29, 1.82) is 0 Å². The first kappa shape index (κ1) is 10.4. The van der Waals surface area contributed by atoms with Gasteiger partial charge in [0.05, 0.1) is 6.17 Å². The summed E-state index contributed by atoms with van der Waals surface area (Å²) in [7, 11) is 2.23. The van der Waals surface area contributed by atoms with Crippen LogP contribution < -0.4 is 0 Å². The first-order valence-corrected chi connectivity index (χ1v) is 5.90. The third kappa shape index (κ3) is 1.95. The highest BCUT2D eigenvalue weighted by molar-refractivity contribution is 4.86. The van der Waals surface area contributed by atoms with Gasteiger partial charge < -0.3 is 5.11 Å². The van der Waals surface area contributed by atoms with Crippen molar-refractivity contribution in [2.75, 3.05) is 26.7 Å². The van der Waals surface area contributed by atoms with Gasteiger partial charge in [-0.25, -0.2) is 0 Å². The molecule has 1 N–H and O–H groups in total. The van der Waals surface area contributed by atoms with Crippen molar-refractivity contribution in [2.24, 2.45) is 0 Å². The van der Waals surface area contributed by atoms with Crippen LogP contribution in [0.25, 0.3) is 0 Å². The van der Waals surface area contributed by atoms with Crippen molar-refractivity contribution >= 4 is 0 Å². The summed E-state index contributed by atoms with van der Waals surface area (Å²) >= 11 is 0. The average Bonchev–Trinajstić information content (AvgIpc) is 2.74. The molecular formula is C11H22N2O. The fourth-order valence-electron chi connectivity index (χ4n) is 3.02. The molecule has 0 unspecified atom stereocenters. The zero-order valence-electron chi connectivity index (χ0n) is 9.15. The Morgan fingerprint density at radius 1 is 1.21 bits per heavy atom. The zero-order chi connectivity index (χ0) is 9.97. The Labute approximate surface area is 86.7 Å². The second kappa shape index (κ2) is 4.60. The highest BCUT2D eigenvalue weighted by Gasteiger charge is 2.34. The van der Waals surface area contributed by atoms with E-state index in [-0.39, 0.29) is 0 Å². The lowest BCUT2D eigenvalue weighted by Crippen LogP contribution is -2.45. The van der Waals surface area contributed by atoms with Crippen LogP contribution in [0.15, 0.2) is 0 Å². The monoisotopic (exact) mass is 198 g/mol. The number of aliphatic hydroxyl groups is 1. The summed E-state index contributed by atoms with van der Waals surface area (Å²) in [4.78, 5) is 5.08. The maximum atomic E-state index is 9.01. The number of hydrogen-bond donors (Lipinski definition) is 1. The molecule has 0 spiro atoms. The van der Waals surface area contributed by atoms with Crippen LogP contribution in [0.2, 0.25) is 0 Å². The van der Waals surface area contributed by atoms with Gasteiger partial charge in [0.15, 0.2) is 0 Å². The molecule has 0 radical (unpaired) electrons. The lowest BCUT2D eigenvalue weighted by molar-refractivity contribution is 0.0704. The van der Waals surface area contributed by atoms with Crippen LogP contribution in [-0.4, -0.2) is 53.9 Å². The van der Waals surface area contributed by atoms with Crippen LogP contribution in [0.5, 0.6) is 0 Å². The minimum Gasteiger partial charge on any atom is -0.396 e. The summed E-state index contributed by atoms with van der Waals surface area (Å²) in [6.45, 7) is 2.82. The van der Waals surface area contributed by atoms with Gasteiger partial charge in [-0.15, -0.1) is 0 Å². The molecule has 3 nitrogen and oxygen atoms in total. The molecular weight excluding hydrogens is 176 g/mol. The average molecular weight is 198 g/mol. The minimum absolute atomic E-state index is 0.345. The molecule has 0 bridgehead atoms. The number of rotatable bonds is 3. The Bertz CT molecular complexity index is 186. The topological polar surface area (TPSA) is 26.7 Å². The van der Waals surface area contributed by atoms with E-state index in [1.165, 1.54) is 38.8 Å². The molecule has 2 rings (SSSR count). The molecule has 14 heavy (non-hydrogen) atoms. The second-order valence-electron chi connectivity index (χ2n) is 4.65. The van der Waals surface area contributed by atoms with Gasteiger partial charge in [-0.2, -0.15) is 0 Å². The van der Waals surface area contributed by atoms with E-state index in [1.54, 1.807) is 0 Å². The summed E-state index contributed by atoms with van der Waals surface area (Å²) in [5.41, 5.74) is 0. The number of nitrogens with zero attached hydrogens (tertiary/aromatic N) is 2. The van der Waals surface area contributed by atoms with Crippen molar-refractivity contribution in [2.45, 2.75) is 44.3 Å². The Morgan fingerprint density at radius 3 is 2.64 bits per heavy atom. The van der Waals surface area contributed by atoms with Crippen molar-refractivity contribution in [3.63, 3.8) is 0 Å². The van der Waals surface area contributed by atoms with E-state index in [1.807, 2.05) is 0 Å². The standard InChI is InChI=1S/C11H22N2O/c1-12-7-3-5-11(12)13-8-2-4-10(13)6-9-14/h10-11,14H,2-9H2,1H3/t10-,11-/m0/s1. The van der Waals surface area contributed by atoms with E-state index in [0.29, 0.717) is 18.8 Å². The van der Waals surface area contributed by atoms with Gasteiger partial charge in [-0.05, 0) is 52.2 Å². The van der Waals surface area contributed by atoms with Crippen molar-refractivity contribution < 1.29 is 5.11 Å². The number of likely N-dealkylation sites (tertiary alicyclic amines) is 2. The Morgan fingerprint density at radius 2 is 2.00 bits per heavy atom. The normalized spacial score (nSPS) is 35.6. The van der Waals surface area contributed by atoms with Crippen molar-refractivity contribution in [3.8, 4) is 0 Å². The molecule has 0 aromatic carbocycles. The van der Waals surface area contributed by atoms with Crippen LogP contribution >= 0.6 is 0 Å². The fraction of sp³-hybridized carbons (Fsp3) is 1.00. The maximum absolute atomic E-state index is 9.01. The minimum atomic E-state index is 0.345. The van der Waals surface area contributed by atoms with E-state index < -0.39 is 0 Å². The molecule has 2 heterocycles. The maximum Gasteiger partial charge on any atom is 0.0622 e. The van der Waals surface area contributed by atoms with Gasteiger partial charge in [0, 0.05) is 12.6 Å². The van der Waals surface area contributed by atoms with Crippen LogP contribution in [0.3, 0.4) is 0 Å². The highest BCUT2D eigenvalue weighted by atomic mass is 16.3.